The molecule has 2 atom stereocenters. The molecular formula is C17H16Br2O. The Bertz CT molecular complexity index is 534. The van der Waals surface area contributed by atoms with Gasteiger partial charge >= 0.3 is 0 Å². The van der Waals surface area contributed by atoms with Crippen LogP contribution in [0.1, 0.15) is 36.8 Å². The van der Waals surface area contributed by atoms with E-state index in [1.807, 2.05) is 62.4 Å². The molecular weight excluding hydrogens is 380 g/mol. The largest absolute Gasteiger partial charge is 0.298 e. The summed E-state index contributed by atoms with van der Waals surface area (Å²) in [5, 5.41) is 0. The quantitative estimate of drug-likeness (QED) is 0.649. The molecule has 0 aliphatic heterocycles. The third-order valence-electron chi connectivity index (χ3n) is 3.59. The first-order valence-corrected chi connectivity index (χ1v) is 8.12. The average molecular weight is 396 g/mol. The van der Waals surface area contributed by atoms with E-state index in [9.17, 15) is 4.79 Å². The summed E-state index contributed by atoms with van der Waals surface area (Å²) in [7, 11) is 0. The molecule has 2 unspecified atom stereocenters. The zero-order valence-corrected chi connectivity index (χ0v) is 14.6. The van der Waals surface area contributed by atoms with Gasteiger partial charge in [-0.1, -0.05) is 70.0 Å². The first kappa shape index (κ1) is 15.5. The second kappa shape index (κ2) is 6.68. The molecule has 0 bridgehead atoms. The number of carbonyl (C=O) groups excluding carboxylic acids is 1. The van der Waals surface area contributed by atoms with Crippen LogP contribution in [0.25, 0.3) is 0 Å². The summed E-state index contributed by atoms with van der Waals surface area (Å²) in [4.78, 5) is 12.6. The van der Waals surface area contributed by atoms with E-state index in [0.717, 1.165) is 20.1 Å². The Labute approximate surface area is 136 Å². The molecule has 0 radical (unpaired) electrons. The van der Waals surface area contributed by atoms with Crippen molar-refractivity contribution >= 4 is 37.6 Å². The summed E-state index contributed by atoms with van der Waals surface area (Å²) in [5.74, 6) is 0.0538. The van der Waals surface area contributed by atoms with Gasteiger partial charge in [0.05, 0.1) is 0 Å². The number of rotatable bonds is 4. The fraction of sp³-hybridized carbons (Fsp3) is 0.235. The van der Waals surface area contributed by atoms with Crippen LogP contribution >= 0.6 is 31.9 Å². The van der Waals surface area contributed by atoms with Gasteiger partial charge in [-0.15, -0.1) is 0 Å². The highest BCUT2D eigenvalue weighted by atomic mass is 79.9. The predicted octanol–water partition coefficient (Wildman–Crippen LogP) is 5.69. The molecule has 2 aromatic rings. The smallest absolute Gasteiger partial charge is 0.147 e. The van der Waals surface area contributed by atoms with Crippen molar-refractivity contribution in [1.29, 1.82) is 0 Å². The lowest BCUT2D eigenvalue weighted by Gasteiger charge is -2.17. The lowest BCUT2D eigenvalue weighted by molar-refractivity contribution is -0.121. The Kier molecular flexibility index (Phi) is 5.17. The summed E-state index contributed by atoms with van der Waals surface area (Å²) in [6, 6.07) is 15.9. The van der Waals surface area contributed by atoms with Gasteiger partial charge in [0.25, 0.3) is 0 Å². The van der Waals surface area contributed by atoms with Crippen molar-refractivity contribution in [3.8, 4) is 0 Å². The first-order chi connectivity index (χ1) is 9.49. The van der Waals surface area contributed by atoms with Crippen LogP contribution in [0.5, 0.6) is 0 Å². The molecule has 0 fully saturated rings. The van der Waals surface area contributed by atoms with E-state index in [4.69, 9.17) is 0 Å². The molecule has 20 heavy (non-hydrogen) atoms. The Morgan fingerprint density at radius 2 is 1.05 bits per heavy atom. The number of halogens is 2. The number of hydrogen-bond acceptors (Lipinski definition) is 1. The van der Waals surface area contributed by atoms with Gasteiger partial charge in [-0.05, 0) is 35.4 Å². The van der Waals surface area contributed by atoms with Crippen LogP contribution < -0.4 is 0 Å². The molecule has 0 saturated heterocycles. The third kappa shape index (κ3) is 3.58. The van der Waals surface area contributed by atoms with Crippen LogP contribution in [0.4, 0.5) is 0 Å². The molecule has 1 nitrogen and oxygen atoms in total. The Balaban J connectivity index is 2.17. The van der Waals surface area contributed by atoms with Gasteiger partial charge in [0.1, 0.15) is 5.78 Å². The number of ketones is 1. The molecule has 3 heteroatoms. The van der Waals surface area contributed by atoms with Gasteiger partial charge in [-0.2, -0.15) is 0 Å². The number of hydrogen-bond donors (Lipinski definition) is 0. The van der Waals surface area contributed by atoms with Gasteiger partial charge < -0.3 is 0 Å². The normalized spacial score (nSPS) is 13.8. The summed E-state index contributed by atoms with van der Waals surface area (Å²) in [6.07, 6.45) is 0. The van der Waals surface area contributed by atoms with E-state index in [0.29, 0.717) is 0 Å². The van der Waals surface area contributed by atoms with Crippen LogP contribution in [-0.4, -0.2) is 5.78 Å². The van der Waals surface area contributed by atoms with Crippen molar-refractivity contribution in [2.24, 2.45) is 0 Å². The van der Waals surface area contributed by atoms with Crippen LogP contribution in [-0.2, 0) is 4.79 Å². The molecule has 0 aliphatic rings. The van der Waals surface area contributed by atoms with Crippen molar-refractivity contribution < 1.29 is 4.79 Å². The van der Waals surface area contributed by atoms with Crippen LogP contribution in [0.15, 0.2) is 57.5 Å². The third-order valence-corrected chi connectivity index (χ3v) is 4.65. The van der Waals surface area contributed by atoms with Gasteiger partial charge in [0.15, 0.2) is 0 Å². The molecule has 0 spiro atoms. The van der Waals surface area contributed by atoms with E-state index in [-0.39, 0.29) is 17.6 Å². The first-order valence-electron chi connectivity index (χ1n) is 6.53. The molecule has 0 aromatic heterocycles. The van der Waals surface area contributed by atoms with Gasteiger partial charge in [0.2, 0.25) is 0 Å². The standard InChI is InChI=1S/C17H16Br2O/c1-11(13-3-7-15(18)8-4-13)17(20)12(2)14-5-9-16(19)10-6-14/h3-12H,1-2H3. The minimum absolute atomic E-state index is 0.0956. The molecule has 0 aliphatic carbocycles. The second-order valence-electron chi connectivity index (χ2n) is 4.95. The van der Waals surface area contributed by atoms with Crippen molar-refractivity contribution in [1.82, 2.24) is 0 Å². The van der Waals surface area contributed by atoms with E-state index in [2.05, 4.69) is 31.9 Å². The SMILES string of the molecule is CC(C(=O)C(C)c1ccc(Br)cc1)c1ccc(Br)cc1. The molecule has 2 rings (SSSR count). The number of benzene rings is 2. The summed E-state index contributed by atoms with van der Waals surface area (Å²) in [5.41, 5.74) is 2.12. The molecule has 0 N–H and O–H groups in total. The fourth-order valence-corrected chi connectivity index (χ4v) is 2.74. The minimum atomic E-state index is -0.0956. The van der Waals surface area contributed by atoms with Crippen molar-refractivity contribution in [3.63, 3.8) is 0 Å². The van der Waals surface area contributed by atoms with Crippen molar-refractivity contribution in [2.45, 2.75) is 25.7 Å². The lowest BCUT2D eigenvalue weighted by Crippen LogP contribution is -2.16. The Hall–Kier alpha value is -0.930. The van der Waals surface area contributed by atoms with Gasteiger partial charge in [-0.3, -0.25) is 4.79 Å². The van der Waals surface area contributed by atoms with Gasteiger partial charge in [0, 0.05) is 20.8 Å². The lowest BCUT2D eigenvalue weighted by atomic mass is 9.86. The maximum Gasteiger partial charge on any atom is 0.147 e. The zero-order valence-electron chi connectivity index (χ0n) is 11.4. The van der Waals surface area contributed by atoms with Crippen molar-refractivity contribution in [3.05, 3.63) is 68.6 Å². The number of Topliss-reactive ketones (excluding diaryl/α,β-unsaturated/α-hetero) is 1. The highest BCUT2D eigenvalue weighted by Crippen LogP contribution is 2.27. The maximum absolute atomic E-state index is 12.6. The molecule has 0 heterocycles. The van der Waals surface area contributed by atoms with E-state index in [1.165, 1.54) is 0 Å². The van der Waals surface area contributed by atoms with Crippen LogP contribution in [0.2, 0.25) is 0 Å². The highest BCUT2D eigenvalue weighted by Gasteiger charge is 2.22. The second-order valence-corrected chi connectivity index (χ2v) is 6.78. The minimum Gasteiger partial charge on any atom is -0.298 e. The summed E-state index contributed by atoms with van der Waals surface area (Å²) in [6.45, 7) is 3.95. The van der Waals surface area contributed by atoms with Crippen molar-refractivity contribution in [2.75, 3.05) is 0 Å². The molecule has 0 amide bonds. The molecule has 2 aromatic carbocycles. The monoisotopic (exact) mass is 394 g/mol. The predicted molar refractivity (Wildman–Crippen MR) is 90.1 cm³/mol. The molecule has 0 saturated carbocycles. The summed E-state index contributed by atoms with van der Waals surface area (Å²) >= 11 is 6.83. The van der Waals surface area contributed by atoms with E-state index < -0.39 is 0 Å². The van der Waals surface area contributed by atoms with Gasteiger partial charge in [-0.25, -0.2) is 0 Å². The topological polar surface area (TPSA) is 17.1 Å². The van der Waals surface area contributed by atoms with Crippen LogP contribution in [0, 0.1) is 0 Å². The fourth-order valence-electron chi connectivity index (χ4n) is 2.21. The van der Waals surface area contributed by atoms with E-state index >= 15 is 0 Å². The van der Waals surface area contributed by atoms with Crippen LogP contribution in [0.3, 0.4) is 0 Å². The Morgan fingerprint density at radius 3 is 1.35 bits per heavy atom. The molecule has 104 valence electrons. The zero-order chi connectivity index (χ0) is 14.7. The maximum atomic E-state index is 12.6. The highest BCUT2D eigenvalue weighted by molar-refractivity contribution is 9.10. The number of carbonyl (C=O) groups is 1. The summed E-state index contributed by atoms with van der Waals surface area (Å²) < 4.78 is 2.06. The average Bonchev–Trinajstić information content (AvgIpc) is 2.46. The van der Waals surface area contributed by atoms with E-state index in [1.54, 1.807) is 0 Å². The Morgan fingerprint density at radius 1 is 0.750 bits per heavy atom.